The summed E-state index contributed by atoms with van der Waals surface area (Å²) < 4.78 is 5.42. The third kappa shape index (κ3) is 3.25. The molecule has 0 amide bonds. The monoisotopic (exact) mass is 199 g/mol. The summed E-state index contributed by atoms with van der Waals surface area (Å²) >= 11 is 5.86. The Morgan fingerprint density at radius 2 is 2.23 bits per heavy atom. The van der Waals surface area contributed by atoms with Crippen LogP contribution in [-0.4, -0.2) is 12.6 Å². The molecule has 2 nitrogen and oxygen atoms in total. The van der Waals surface area contributed by atoms with Gasteiger partial charge in [-0.15, -0.1) is 0 Å². The standard InChI is InChI=1S/C10H14ClNO/c1-7-5-9(3-4-10(7)11)13-6-8(2)12/h3-5,8H,6,12H2,1-2H3. The summed E-state index contributed by atoms with van der Waals surface area (Å²) in [5.74, 6) is 0.819. The molecule has 2 N–H and O–H groups in total. The Kier molecular flexibility index (Phi) is 3.58. The molecule has 1 rings (SSSR count). The molecule has 0 fully saturated rings. The highest BCUT2D eigenvalue weighted by Crippen LogP contribution is 2.20. The first-order valence-electron chi connectivity index (χ1n) is 4.24. The highest BCUT2D eigenvalue weighted by Gasteiger charge is 1.99. The Morgan fingerprint density at radius 3 is 2.77 bits per heavy atom. The van der Waals surface area contributed by atoms with Gasteiger partial charge < -0.3 is 10.5 Å². The van der Waals surface area contributed by atoms with Crippen LogP contribution < -0.4 is 10.5 Å². The first-order chi connectivity index (χ1) is 6.09. The number of hydrogen-bond donors (Lipinski definition) is 1. The van der Waals surface area contributed by atoms with Crippen molar-refractivity contribution in [2.45, 2.75) is 19.9 Å². The molecule has 0 spiro atoms. The van der Waals surface area contributed by atoms with Crippen LogP contribution in [0.2, 0.25) is 5.02 Å². The Hall–Kier alpha value is -0.730. The predicted octanol–water partition coefficient (Wildman–Crippen LogP) is 2.37. The van der Waals surface area contributed by atoms with Crippen LogP contribution >= 0.6 is 11.6 Å². The lowest BCUT2D eigenvalue weighted by Gasteiger charge is -2.09. The summed E-state index contributed by atoms with van der Waals surface area (Å²) in [5, 5.41) is 0.758. The smallest absolute Gasteiger partial charge is 0.119 e. The number of rotatable bonds is 3. The molecule has 0 radical (unpaired) electrons. The molecule has 0 aliphatic heterocycles. The van der Waals surface area contributed by atoms with Gasteiger partial charge in [0.2, 0.25) is 0 Å². The Morgan fingerprint density at radius 1 is 1.54 bits per heavy atom. The number of halogens is 1. The summed E-state index contributed by atoms with van der Waals surface area (Å²) in [4.78, 5) is 0. The normalized spacial score (nSPS) is 12.6. The summed E-state index contributed by atoms with van der Waals surface area (Å²) in [6, 6.07) is 5.63. The molecular weight excluding hydrogens is 186 g/mol. The summed E-state index contributed by atoms with van der Waals surface area (Å²) in [6.07, 6.45) is 0. The Labute approximate surface area is 83.6 Å². The van der Waals surface area contributed by atoms with Gasteiger partial charge in [0.25, 0.3) is 0 Å². The molecule has 0 aromatic heterocycles. The van der Waals surface area contributed by atoms with Crippen LogP contribution in [-0.2, 0) is 0 Å². The van der Waals surface area contributed by atoms with Crippen molar-refractivity contribution in [2.24, 2.45) is 5.73 Å². The van der Waals surface area contributed by atoms with Gasteiger partial charge in [0.05, 0.1) is 0 Å². The second-order valence-electron chi connectivity index (χ2n) is 3.20. The highest BCUT2D eigenvalue weighted by atomic mass is 35.5. The van der Waals surface area contributed by atoms with E-state index in [2.05, 4.69) is 0 Å². The summed E-state index contributed by atoms with van der Waals surface area (Å²) in [5.41, 5.74) is 6.57. The fraction of sp³-hybridized carbons (Fsp3) is 0.400. The average molecular weight is 200 g/mol. The second-order valence-corrected chi connectivity index (χ2v) is 3.61. The molecule has 1 aromatic carbocycles. The fourth-order valence-corrected chi connectivity index (χ4v) is 1.05. The van der Waals surface area contributed by atoms with Crippen molar-refractivity contribution in [3.05, 3.63) is 28.8 Å². The zero-order valence-corrected chi connectivity index (χ0v) is 8.64. The number of aryl methyl sites for hydroxylation is 1. The van der Waals surface area contributed by atoms with Gasteiger partial charge in [-0.1, -0.05) is 11.6 Å². The minimum absolute atomic E-state index is 0.0518. The fourth-order valence-electron chi connectivity index (χ4n) is 0.935. The van der Waals surface area contributed by atoms with E-state index in [9.17, 15) is 0 Å². The average Bonchev–Trinajstić information content (AvgIpc) is 2.07. The van der Waals surface area contributed by atoms with Crippen molar-refractivity contribution in [3.63, 3.8) is 0 Å². The predicted molar refractivity (Wildman–Crippen MR) is 55.3 cm³/mol. The van der Waals surface area contributed by atoms with Gasteiger partial charge in [-0.25, -0.2) is 0 Å². The van der Waals surface area contributed by atoms with Crippen LogP contribution in [0.3, 0.4) is 0 Å². The zero-order chi connectivity index (χ0) is 9.84. The van der Waals surface area contributed by atoms with E-state index >= 15 is 0 Å². The van der Waals surface area contributed by atoms with E-state index in [4.69, 9.17) is 22.1 Å². The van der Waals surface area contributed by atoms with Crippen molar-refractivity contribution in [3.8, 4) is 5.75 Å². The SMILES string of the molecule is Cc1cc(OCC(C)N)ccc1Cl. The van der Waals surface area contributed by atoms with Crippen LogP contribution in [0.4, 0.5) is 0 Å². The number of hydrogen-bond acceptors (Lipinski definition) is 2. The Balaban J connectivity index is 2.63. The van der Waals surface area contributed by atoms with Crippen LogP contribution in [0.15, 0.2) is 18.2 Å². The van der Waals surface area contributed by atoms with E-state index in [0.29, 0.717) is 6.61 Å². The molecular formula is C10H14ClNO. The van der Waals surface area contributed by atoms with Crippen LogP contribution in [0.25, 0.3) is 0 Å². The zero-order valence-electron chi connectivity index (χ0n) is 7.88. The third-order valence-corrected chi connectivity index (χ3v) is 2.07. The molecule has 0 saturated carbocycles. The molecule has 13 heavy (non-hydrogen) atoms. The summed E-state index contributed by atoms with van der Waals surface area (Å²) in [6.45, 7) is 4.38. The molecule has 0 heterocycles. The second kappa shape index (κ2) is 4.49. The van der Waals surface area contributed by atoms with E-state index in [1.807, 2.05) is 32.0 Å². The van der Waals surface area contributed by atoms with E-state index in [-0.39, 0.29) is 6.04 Å². The molecule has 0 aliphatic rings. The highest BCUT2D eigenvalue weighted by molar-refractivity contribution is 6.31. The van der Waals surface area contributed by atoms with Crippen LogP contribution in [0, 0.1) is 6.92 Å². The molecule has 0 saturated heterocycles. The van der Waals surface area contributed by atoms with Gasteiger partial charge in [-0.2, -0.15) is 0 Å². The van der Waals surface area contributed by atoms with Crippen LogP contribution in [0.5, 0.6) is 5.75 Å². The molecule has 0 aliphatic carbocycles. The first kappa shape index (κ1) is 10.4. The topological polar surface area (TPSA) is 35.2 Å². The maximum Gasteiger partial charge on any atom is 0.119 e. The lowest BCUT2D eigenvalue weighted by atomic mass is 10.2. The molecule has 1 atom stereocenters. The van der Waals surface area contributed by atoms with Gasteiger partial charge in [0, 0.05) is 11.1 Å². The van der Waals surface area contributed by atoms with Gasteiger partial charge in [-0.3, -0.25) is 0 Å². The van der Waals surface area contributed by atoms with Gasteiger partial charge in [-0.05, 0) is 37.6 Å². The van der Waals surface area contributed by atoms with E-state index in [0.717, 1.165) is 16.3 Å². The van der Waals surface area contributed by atoms with Crippen molar-refractivity contribution < 1.29 is 4.74 Å². The lowest BCUT2D eigenvalue weighted by Crippen LogP contribution is -2.23. The van der Waals surface area contributed by atoms with E-state index in [1.165, 1.54) is 0 Å². The minimum Gasteiger partial charge on any atom is -0.492 e. The van der Waals surface area contributed by atoms with E-state index in [1.54, 1.807) is 0 Å². The third-order valence-electron chi connectivity index (χ3n) is 1.64. The van der Waals surface area contributed by atoms with Crippen molar-refractivity contribution in [2.75, 3.05) is 6.61 Å². The molecule has 72 valence electrons. The van der Waals surface area contributed by atoms with E-state index < -0.39 is 0 Å². The number of benzene rings is 1. The molecule has 3 heteroatoms. The number of nitrogens with two attached hydrogens (primary N) is 1. The molecule has 0 bridgehead atoms. The lowest BCUT2D eigenvalue weighted by molar-refractivity contribution is 0.296. The van der Waals surface area contributed by atoms with Crippen molar-refractivity contribution >= 4 is 11.6 Å². The van der Waals surface area contributed by atoms with Crippen LogP contribution in [0.1, 0.15) is 12.5 Å². The first-order valence-corrected chi connectivity index (χ1v) is 4.62. The number of ether oxygens (including phenoxy) is 1. The van der Waals surface area contributed by atoms with Gasteiger partial charge in [0.1, 0.15) is 12.4 Å². The maximum atomic E-state index is 5.86. The minimum atomic E-state index is 0.0518. The quantitative estimate of drug-likeness (QED) is 0.812. The van der Waals surface area contributed by atoms with Crippen molar-refractivity contribution in [1.82, 2.24) is 0 Å². The van der Waals surface area contributed by atoms with Crippen molar-refractivity contribution in [1.29, 1.82) is 0 Å². The van der Waals surface area contributed by atoms with Gasteiger partial charge in [0.15, 0.2) is 0 Å². The maximum absolute atomic E-state index is 5.86. The van der Waals surface area contributed by atoms with Gasteiger partial charge >= 0.3 is 0 Å². The molecule has 1 aromatic rings. The molecule has 1 unspecified atom stereocenters. The summed E-state index contributed by atoms with van der Waals surface area (Å²) in [7, 11) is 0. The Bertz CT molecular complexity index is 286. The largest absolute Gasteiger partial charge is 0.492 e.